The number of ether oxygens (including phenoxy) is 3. The molecular formula is C15H20O5. The standard InChI is InChI=1S/C15H20O5/c1-15(2,3)20-14(17)12-7-5-6-11(10-12)13(16)19-9-8-18-4/h5-7,10H,8-9H2,1-4H3. The van der Waals surface area contributed by atoms with E-state index < -0.39 is 17.5 Å². The van der Waals surface area contributed by atoms with Crippen LogP contribution in [0.2, 0.25) is 0 Å². The maximum atomic E-state index is 11.9. The highest BCUT2D eigenvalue weighted by Crippen LogP contribution is 2.14. The molecule has 0 atom stereocenters. The molecule has 0 fully saturated rings. The largest absolute Gasteiger partial charge is 0.460 e. The maximum Gasteiger partial charge on any atom is 0.338 e. The lowest BCUT2D eigenvalue weighted by Gasteiger charge is -2.19. The Labute approximate surface area is 118 Å². The zero-order chi connectivity index (χ0) is 15.2. The van der Waals surface area contributed by atoms with E-state index in [1.54, 1.807) is 39.0 Å². The van der Waals surface area contributed by atoms with Gasteiger partial charge < -0.3 is 14.2 Å². The van der Waals surface area contributed by atoms with Gasteiger partial charge in [-0.15, -0.1) is 0 Å². The highest BCUT2D eigenvalue weighted by molar-refractivity contribution is 5.95. The molecule has 0 heterocycles. The van der Waals surface area contributed by atoms with Gasteiger partial charge in [0.1, 0.15) is 12.2 Å². The minimum absolute atomic E-state index is 0.173. The van der Waals surface area contributed by atoms with Crippen molar-refractivity contribution in [3.63, 3.8) is 0 Å². The Balaban J connectivity index is 2.75. The monoisotopic (exact) mass is 280 g/mol. The molecule has 0 amide bonds. The fourth-order valence-electron chi connectivity index (χ4n) is 1.41. The summed E-state index contributed by atoms with van der Waals surface area (Å²) >= 11 is 0. The van der Waals surface area contributed by atoms with Gasteiger partial charge in [-0.2, -0.15) is 0 Å². The summed E-state index contributed by atoms with van der Waals surface area (Å²) in [6, 6.07) is 6.26. The summed E-state index contributed by atoms with van der Waals surface area (Å²) in [6.07, 6.45) is 0. The zero-order valence-corrected chi connectivity index (χ0v) is 12.3. The van der Waals surface area contributed by atoms with Crippen LogP contribution >= 0.6 is 0 Å². The van der Waals surface area contributed by atoms with Gasteiger partial charge in [0.25, 0.3) is 0 Å². The third kappa shape index (κ3) is 5.40. The summed E-state index contributed by atoms with van der Waals surface area (Å²) in [6.45, 7) is 5.86. The van der Waals surface area contributed by atoms with E-state index >= 15 is 0 Å². The second-order valence-electron chi connectivity index (χ2n) is 5.21. The van der Waals surface area contributed by atoms with Crippen LogP contribution in [0.5, 0.6) is 0 Å². The Morgan fingerprint density at radius 3 is 2.20 bits per heavy atom. The van der Waals surface area contributed by atoms with Crippen LogP contribution < -0.4 is 0 Å². The van der Waals surface area contributed by atoms with Crippen LogP contribution in [0, 0.1) is 0 Å². The third-order valence-electron chi connectivity index (χ3n) is 2.25. The number of methoxy groups -OCH3 is 1. The van der Waals surface area contributed by atoms with Crippen molar-refractivity contribution in [3.8, 4) is 0 Å². The van der Waals surface area contributed by atoms with Gasteiger partial charge >= 0.3 is 11.9 Å². The third-order valence-corrected chi connectivity index (χ3v) is 2.25. The van der Waals surface area contributed by atoms with Crippen molar-refractivity contribution >= 4 is 11.9 Å². The van der Waals surface area contributed by atoms with Crippen LogP contribution in [-0.4, -0.2) is 37.9 Å². The summed E-state index contributed by atoms with van der Waals surface area (Å²) in [5.41, 5.74) is 0.0528. The normalized spacial score (nSPS) is 11.0. The van der Waals surface area contributed by atoms with Crippen molar-refractivity contribution in [3.05, 3.63) is 35.4 Å². The lowest BCUT2D eigenvalue weighted by atomic mass is 10.1. The summed E-state index contributed by atoms with van der Waals surface area (Å²) in [4.78, 5) is 23.7. The van der Waals surface area contributed by atoms with Crippen LogP contribution in [-0.2, 0) is 14.2 Å². The van der Waals surface area contributed by atoms with Crippen molar-refractivity contribution in [1.82, 2.24) is 0 Å². The first-order valence-electron chi connectivity index (χ1n) is 6.33. The topological polar surface area (TPSA) is 61.8 Å². The Morgan fingerprint density at radius 2 is 1.65 bits per heavy atom. The van der Waals surface area contributed by atoms with Crippen LogP contribution in [0.4, 0.5) is 0 Å². The second-order valence-corrected chi connectivity index (χ2v) is 5.21. The van der Waals surface area contributed by atoms with E-state index in [-0.39, 0.29) is 6.61 Å². The predicted octanol–water partition coefficient (Wildman–Crippen LogP) is 2.45. The Hall–Kier alpha value is -1.88. The molecular weight excluding hydrogens is 260 g/mol. The molecule has 0 N–H and O–H groups in total. The molecule has 0 aromatic heterocycles. The van der Waals surface area contributed by atoms with Gasteiger partial charge in [-0.3, -0.25) is 0 Å². The van der Waals surface area contributed by atoms with Crippen molar-refractivity contribution in [2.75, 3.05) is 20.3 Å². The van der Waals surface area contributed by atoms with Gasteiger partial charge in [-0.25, -0.2) is 9.59 Å². The molecule has 0 radical (unpaired) electrons. The number of rotatable bonds is 5. The van der Waals surface area contributed by atoms with E-state index in [0.29, 0.717) is 17.7 Å². The van der Waals surface area contributed by atoms with Crippen molar-refractivity contribution < 1.29 is 23.8 Å². The van der Waals surface area contributed by atoms with Crippen LogP contribution in [0.3, 0.4) is 0 Å². The minimum atomic E-state index is -0.577. The highest BCUT2D eigenvalue weighted by atomic mass is 16.6. The van der Waals surface area contributed by atoms with Crippen molar-refractivity contribution in [1.29, 1.82) is 0 Å². The fraction of sp³-hybridized carbons (Fsp3) is 0.467. The summed E-state index contributed by atoms with van der Waals surface area (Å²) in [5, 5.41) is 0. The first kappa shape index (κ1) is 16.2. The fourth-order valence-corrected chi connectivity index (χ4v) is 1.41. The molecule has 0 aliphatic heterocycles. The summed E-state index contributed by atoms with van der Waals surface area (Å²) in [5.74, 6) is -0.962. The number of esters is 2. The van der Waals surface area contributed by atoms with E-state index in [4.69, 9.17) is 14.2 Å². The first-order valence-corrected chi connectivity index (χ1v) is 6.33. The molecule has 0 saturated heterocycles. The molecule has 20 heavy (non-hydrogen) atoms. The number of carbonyl (C=O) groups is 2. The SMILES string of the molecule is COCCOC(=O)c1cccc(C(=O)OC(C)(C)C)c1. The summed E-state index contributed by atoms with van der Waals surface area (Å²) in [7, 11) is 1.52. The smallest absolute Gasteiger partial charge is 0.338 e. The van der Waals surface area contributed by atoms with E-state index in [1.807, 2.05) is 0 Å². The molecule has 0 aliphatic carbocycles. The lowest BCUT2D eigenvalue weighted by Crippen LogP contribution is -2.24. The van der Waals surface area contributed by atoms with Gasteiger partial charge in [0.15, 0.2) is 0 Å². The molecule has 5 nitrogen and oxygen atoms in total. The van der Waals surface area contributed by atoms with E-state index in [2.05, 4.69) is 0 Å². The Bertz CT molecular complexity index is 473. The summed E-state index contributed by atoms with van der Waals surface area (Å²) < 4.78 is 15.0. The van der Waals surface area contributed by atoms with Crippen LogP contribution in [0.1, 0.15) is 41.5 Å². The van der Waals surface area contributed by atoms with Gasteiger partial charge in [0.05, 0.1) is 17.7 Å². The average Bonchev–Trinajstić information content (AvgIpc) is 2.37. The first-order chi connectivity index (χ1) is 9.33. The number of benzene rings is 1. The second kappa shape index (κ2) is 7.05. The minimum Gasteiger partial charge on any atom is -0.460 e. The van der Waals surface area contributed by atoms with Gasteiger partial charge in [-0.05, 0) is 39.0 Å². The molecule has 0 saturated carbocycles. The van der Waals surface area contributed by atoms with Gasteiger partial charge in [-0.1, -0.05) is 6.07 Å². The highest BCUT2D eigenvalue weighted by Gasteiger charge is 2.19. The average molecular weight is 280 g/mol. The quantitative estimate of drug-likeness (QED) is 0.612. The van der Waals surface area contributed by atoms with E-state index in [1.165, 1.54) is 13.2 Å². The lowest BCUT2D eigenvalue weighted by molar-refractivity contribution is 0.00695. The Morgan fingerprint density at radius 1 is 1.05 bits per heavy atom. The molecule has 1 aromatic rings. The maximum absolute atomic E-state index is 11.9. The zero-order valence-electron chi connectivity index (χ0n) is 12.3. The molecule has 5 heteroatoms. The number of hydrogen-bond acceptors (Lipinski definition) is 5. The molecule has 110 valence electrons. The molecule has 0 aliphatic rings. The molecule has 0 bridgehead atoms. The van der Waals surface area contributed by atoms with E-state index in [9.17, 15) is 9.59 Å². The van der Waals surface area contributed by atoms with Crippen molar-refractivity contribution in [2.45, 2.75) is 26.4 Å². The van der Waals surface area contributed by atoms with Crippen LogP contribution in [0.25, 0.3) is 0 Å². The van der Waals surface area contributed by atoms with Crippen molar-refractivity contribution in [2.24, 2.45) is 0 Å². The molecule has 1 rings (SSSR count). The molecule has 0 spiro atoms. The van der Waals surface area contributed by atoms with Gasteiger partial charge in [0.2, 0.25) is 0 Å². The number of hydrogen-bond donors (Lipinski definition) is 0. The number of carbonyl (C=O) groups excluding carboxylic acids is 2. The predicted molar refractivity (Wildman–Crippen MR) is 73.8 cm³/mol. The van der Waals surface area contributed by atoms with Gasteiger partial charge in [0, 0.05) is 7.11 Å². The van der Waals surface area contributed by atoms with E-state index in [0.717, 1.165) is 0 Å². The van der Waals surface area contributed by atoms with Crippen LogP contribution in [0.15, 0.2) is 24.3 Å². The molecule has 1 aromatic carbocycles. The molecule has 0 unspecified atom stereocenters. The Kier molecular flexibility index (Phi) is 5.70.